The van der Waals surface area contributed by atoms with Gasteiger partial charge < -0.3 is 14.6 Å². The lowest BCUT2D eigenvalue weighted by atomic mass is 9.89. The van der Waals surface area contributed by atoms with Crippen LogP contribution in [0.1, 0.15) is 24.3 Å². The summed E-state index contributed by atoms with van der Waals surface area (Å²) < 4.78 is 5.38. The number of amides is 1. The van der Waals surface area contributed by atoms with Crippen LogP contribution in [0.15, 0.2) is 53.6 Å². The molecule has 0 bridgehead atoms. The number of methoxy groups -OCH3 is 1. The van der Waals surface area contributed by atoms with Crippen molar-refractivity contribution in [3.63, 3.8) is 0 Å². The Kier molecular flexibility index (Phi) is 5.83. The highest BCUT2D eigenvalue weighted by molar-refractivity contribution is 8.00. The maximum Gasteiger partial charge on any atom is 0.232 e. The maximum absolute atomic E-state index is 12.6. The van der Waals surface area contributed by atoms with Crippen molar-refractivity contribution in [1.29, 1.82) is 0 Å². The smallest absolute Gasteiger partial charge is 0.232 e. The number of nitrogens with zero attached hydrogens (tertiary/aromatic N) is 1. The van der Waals surface area contributed by atoms with Crippen LogP contribution >= 0.6 is 23.4 Å². The van der Waals surface area contributed by atoms with Crippen LogP contribution in [0.3, 0.4) is 0 Å². The molecule has 2 aromatic carbocycles. The van der Waals surface area contributed by atoms with Gasteiger partial charge in [0.2, 0.25) is 5.91 Å². The summed E-state index contributed by atoms with van der Waals surface area (Å²) in [6.45, 7) is 1.61. The third kappa shape index (κ3) is 4.15. The summed E-state index contributed by atoms with van der Waals surface area (Å²) in [5, 5.41) is 1.94. The van der Waals surface area contributed by atoms with Crippen LogP contribution < -0.4 is 4.74 Å². The maximum atomic E-state index is 12.6. The number of benzene rings is 2. The van der Waals surface area contributed by atoms with Crippen molar-refractivity contribution >= 4 is 40.2 Å². The minimum absolute atomic E-state index is 0.207. The number of hydrogen-bond acceptors (Lipinski definition) is 3. The molecule has 1 saturated heterocycles. The zero-order chi connectivity index (χ0) is 19.5. The Hall–Kier alpha value is -2.11. The van der Waals surface area contributed by atoms with Crippen LogP contribution in [0, 0.1) is 0 Å². The van der Waals surface area contributed by atoms with Crippen molar-refractivity contribution in [2.24, 2.45) is 0 Å². The third-order valence-corrected chi connectivity index (χ3v) is 6.63. The first kappa shape index (κ1) is 19.2. The number of carbonyl (C=O) groups excluding carboxylic acids is 1. The fourth-order valence-corrected chi connectivity index (χ4v) is 4.72. The normalized spacial score (nSPS) is 15.1. The molecule has 4 rings (SSSR count). The zero-order valence-electron chi connectivity index (χ0n) is 15.8. The van der Waals surface area contributed by atoms with Crippen LogP contribution in [0.5, 0.6) is 5.75 Å². The molecular weight excluding hydrogens is 392 g/mol. The molecule has 1 aromatic heterocycles. The molecule has 1 fully saturated rings. The fourth-order valence-electron chi connectivity index (χ4n) is 3.79. The van der Waals surface area contributed by atoms with Crippen molar-refractivity contribution < 1.29 is 9.53 Å². The molecule has 1 aliphatic rings. The Labute approximate surface area is 174 Å². The minimum Gasteiger partial charge on any atom is -0.497 e. The molecule has 0 saturated carbocycles. The number of ether oxygens (including phenoxy) is 1. The largest absolute Gasteiger partial charge is 0.497 e. The van der Waals surface area contributed by atoms with Crippen molar-refractivity contribution in [3.8, 4) is 5.75 Å². The second-order valence-electron chi connectivity index (χ2n) is 7.05. The van der Waals surface area contributed by atoms with Crippen LogP contribution in [-0.4, -0.2) is 41.7 Å². The van der Waals surface area contributed by atoms with Gasteiger partial charge in [0.25, 0.3) is 0 Å². The first-order valence-electron chi connectivity index (χ1n) is 9.45. The van der Waals surface area contributed by atoms with Gasteiger partial charge >= 0.3 is 0 Å². The summed E-state index contributed by atoms with van der Waals surface area (Å²) in [6.07, 6.45) is 4.09. The molecule has 0 aliphatic carbocycles. The quantitative estimate of drug-likeness (QED) is 0.574. The van der Waals surface area contributed by atoms with E-state index in [2.05, 4.69) is 23.3 Å². The molecular formula is C22H23ClN2O2S. The SMILES string of the molecule is COc1ccc2[nH]cc(C3CCN(C(=O)CSc4ccc(Cl)cc4)CC3)c2c1. The average molecular weight is 415 g/mol. The van der Waals surface area contributed by atoms with Gasteiger partial charge in [-0.05, 0) is 66.8 Å². The highest BCUT2D eigenvalue weighted by Gasteiger charge is 2.25. The highest BCUT2D eigenvalue weighted by atomic mass is 35.5. The molecule has 1 amide bonds. The summed E-state index contributed by atoms with van der Waals surface area (Å²) in [5.74, 6) is 2.02. The van der Waals surface area contributed by atoms with Gasteiger partial charge in [0, 0.05) is 40.1 Å². The van der Waals surface area contributed by atoms with Gasteiger partial charge in [0.1, 0.15) is 5.75 Å². The van der Waals surface area contributed by atoms with Gasteiger partial charge in [-0.1, -0.05) is 11.6 Å². The Morgan fingerprint density at radius 2 is 1.96 bits per heavy atom. The topological polar surface area (TPSA) is 45.3 Å². The number of thioether (sulfide) groups is 1. The van der Waals surface area contributed by atoms with Crippen LogP contribution in [0.25, 0.3) is 10.9 Å². The van der Waals surface area contributed by atoms with Gasteiger partial charge in [0.15, 0.2) is 0 Å². The first-order chi connectivity index (χ1) is 13.6. The molecule has 4 nitrogen and oxygen atoms in total. The molecule has 1 aliphatic heterocycles. The zero-order valence-corrected chi connectivity index (χ0v) is 17.4. The Bertz CT molecular complexity index is 962. The number of piperidine rings is 1. The van der Waals surface area contributed by atoms with Crippen LogP contribution in [0.4, 0.5) is 0 Å². The third-order valence-electron chi connectivity index (χ3n) is 5.38. The van der Waals surface area contributed by atoms with Crippen molar-refractivity contribution in [1.82, 2.24) is 9.88 Å². The molecule has 6 heteroatoms. The van der Waals surface area contributed by atoms with Gasteiger partial charge in [0.05, 0.1) is 12.9 Å². The lowest BCUT2D eigenvalue weighted by Gasteiger charge is -2.32. The number of aromatic amines is 1. The van der Waals surface area contributed by atoms with E-state index in [1.807, 2.05) is 35.2 Å². The fraction of sp³-hybridized carbons (Fsp3) is 0.318. The average Bonchev–Trinajstić information content (AvgIpc) is 3.16. The minimum atomic E-state index is 0.207. The summed E-state index contributed by atoms with van der Waals surface area (Å²) in [5.41, 5.74) is 2.46. The van der Waals surface area contributed by atoms with E-state index >= 15 is 0 Å². The van der Waals surface area contributed by atoms with E-state index < -0.39 is 0 Å². The van der Waals surface area contributed by atoms with Gasteiger partial charge in [-0.2, -0.15) is 0 Å². The van der Waals surface area contributed by atoms with E-state index in [1.165, 1.54) is 10.9 Å². The second kappa shape index (κ2) is 8.50. The van der Waals surface area contributed by atoms with E-state index in [4.69, 9.17) is 16.3 Å². The summed E-state index contributed by atoms with van der Waals surface area (Å²) in [6, 6.07) is 13.8. The number of halogens is 1. The first-order valence-corrected chi connectivity index (χ1v) is 10.8. The standard InChI is InChI=1S/C22H23ClN2O2S/c1-27-17-4-7-21-19(12-17)20(13-24-21)15-8-10-25(11-9-15)22(26)14-28-18-5-2-16(23)3-6-18/h2-7,12-13,15,24H,8-11,14H2,1H3. The molecule has 0 spiro atoms. The van der Waals surface area contributed by atoms with Crippen LogP contribution in [0.2, 0.25) is 5.02 Å². The van der Waals surface area contributed by atoms with Crippen molar-refractivity contribution in [2.45, 2.75) is 23.7 Å². The number of fused-ring (bicyclic) bond motifs is 1. The predicted octanol–water partition coefficient (Wildman–Crippen LogP) is 5.33. The van der Waals surface area contributed by atoms with Gasteiger partial charge in [-0.3, -0.25) is 4.79 Å². The van der Waals surface area contributed by atoms with Gasteiger partial charge in [-0.15, -0.1) is 11.8 Å². The Morgan fingerprint density at radius 3 is 2.68 bits per heavy atom. The highest BCUT2D eigenvalue weighted by Crippen LogP contribution is 2.35. The monoisotopic (exact) mass is 414 g/mol. The lowest BCUT2D eigenvalue weighted by molar-refractivity contribution is -0.129. The van der Waals surface area contributed by atoms with E-state index in [-0.39, 0.29) is 5.91 Å². The van der Waals surface area contributed by atoms with Crippen molar-refractivity contribution in [2.75, 3.05) is 26.0 Å². The number of carbonyl (C=O) groups is 1. The number of likely N-dealkylation sites (tertiary alicyclic amines) is 1. The number of hydrogen-bond donors (Lipinski definition) is 1. The van der Waals surface area contributed by atoms with E-state index in [0.29, 0.717) is 16.7 Å². The molecule has 146 valence electrons. The molecule has 0 radical (unpaired) electrons. The molecule has 28 heavy (non-hydrogen) atoms. The van der Waals surface area contributed by atoms with Crippen molar-refractivity contribution in [3.05, 3.63) is 59.2 Å². The van der Waals surface area contributed by atoms with E-state index in [1.54, 1.807) is 18.9 Å². The Morgan fingerprint density at radius 1 is 1.21 bits per heavy atom. The summed E-state index contributed by atoms with van der Waals surface area (Å²) in [4.78, 5) is 19.0. The molecule has 1 N–H and O–H groups in total. The van der Waals surface area contributed by atoms with E-state index in [9.17, 15) is 4.79 Å². The second-order valence-corrected chi connectivity index (χ2v) is 8.54. The molecule has 0 unspecified atom stereocenters. The molecule has 2 heterocycles. The van der Waals surface area contributed by atoms with Crippen LogP contribution in [-0.2, 0) is 4.79 Å². The summed E-state index contributed by atoms with van der Waals surface area (Å²) >= 11 is 7.48. The number of nitrogens with one attached hydrogen (secondary N) is 1. The number of aromatic nitrogens is 1. The Balaban J connectivity index is 1.35. The predicted molar refractivity (Wildman–Crippen MR) is 116 cm³/mol. The number of H-pyrrole nitrogens is 1. The van der Waals surface area contributed by atoms with E-state index in [0.717, 1.165) is 42.1 Å². The molecule has 3 aromatic rings. The number of rotatable bonds is 5. The van der Waals surface area contributed by atoms with Gasteiger partial charge in [-0.25, -0.2) is 0 Å². The summed E-state index contributed by atoms with van der Waals surface area (Å²) in [7, 11) is 1.69. The molecule has 0 atom stereocenters. The lowest BCUT2D eigenvalue weighted by Crippen LogP contribution is -2.38.